The highest BCUT2D eigenvalue weighted by molar-refractivity contribution is 5.99. The van der Waals surface area contributed by atoms with E-state index < -0.39 is 35.3 Å². The molecule has 0 unspecified atom stereocenters. The Kier molecular flexibility index (Phi) is 8.92. The number of nitrogens with one attached hydrogen (secondary N) is 3. The monoisotopic (exact) mass is 345 g/mol. The van der Waals surface area contributed by atoms with Gasteiger partial charge in [0.25, 0.3) is 5.91 Å². The van der Waals surface area contributed by atoms with E-state index in [2.05, 4.69) is 10.6 Å². The molecule has 0 aromatic heterocycles. The van der Waals surface area contributed by atoms with E-state index in [1.807, 2.05) is 13.8 Å². The maximum atomic E-state index is 12.3. The van der Waals surface area contributed by atoms with E-state index in [9.17, 15) is 19.5 Å². The first-order chi connectivity index (χ1) is 11.0. The Morgan fingerprint density at radius 3 is 1.96 bits per heavy atom. The highest BCUT2D eigenvalue weighted by atomic mass is 16.5. The van der Waals surface area contributed by atoms with Crippen molar-refractivity contribution >= 4 is 17.7 Å². The molecular weight excluding hydrogens is 314 g/mol. The molecule has 0 aliphatic heterocycles. The van der Waals surface area contributed by atoms with Gasteiger partial charge in [-0.1, -0.05) is 34.6 Å². The van der Waals surface area contributed by atoms with Crippen LogP contribution in [0.4, 0.5) is 0 Å². The third-order valence-electron chi connectivity index (χ3n) is 4.52. The summed E-state index contributed by atoms with van der Waals surface area (Å²) in [6.07, 6.45) is -0.474. The minimum absolute atomic E-state index is 0.244. The van der Waals surface area contributed by atoms with Crippen LogP contribution in [0.2, 0.25) is 0 Å². The normalized spacial score (nSPS) is 15.4. The first kappa shape index (κ1) is 22.3. The SMILES string of the molecule is CNC(=O)[C@H](C)C(C)(C)[C@H](O)NC(=O)[C@H](CCC(C)C)C(=O)NO. The van der Waals surface area contributed by atoms with Crippen molar-refractivity contribution in [2.45, 2.75) is 53.7 Å². The zero-order chi connectivity index (χ0) is 19.1. The summed E-state index contributed by atoms with van der Waals surface area (Å²) in [6.45, 7) is 8.84. The topological polar surface area (TPSA) is 128 Å². The van der Waals surface area contributed by atoms with Gasteiger partial charge in [0.05, 0.1) is 0 Å². The lowest BCUT2D eigenvalue weighted by molar-refractivity contribution is -0.146. The van der Waals surface area contributed by atoms with Crippen LogP contribution in [0, 0.1) is 23.2 Å². The van der Waals surface area contributed by atoms with E-state index in [4.69, 9.17) is 5.21 Å². The van der Waals surface area contributed by atoms with Gasteiger partial charge in [0.2, 0.25) is 11.8 Å². The lowest BCUT2D eigenvalue weighted by Gasteiger charge is -2.36. The van der Waals surface area contributed by atoms with E-state index in [-0.39, 0.29) is 18.2 Å². The molecule has 0 heterocycles. The maximum Gasteiger partial charge on any atom is 0.255 e. The van der Waals surface area contributed by atoms with Crippen molar-refractivity contribution in [1.82, 2.24) is 16.1 Å². The molecule has 0 radical (unpaired) electrons. The van der Waals surface area contributed by atoms with Gasteiger partial charge in [-0.25, -0.2) is 5.48 Å². The molecule has 8 nitrogen and oxygen atoms in total. The Hall–Kier alpha value is -1.67. The van der Waals surface area contributed by atoms with E-state index in [1.54, 1.807) is 20.8 Å². The molecule has 0 aromatic carbocycles. The molecule has 0 aromatic rings. The van der Waals surface area contributed by atoms with Gasteiger partial charge in [-0.3, -0.25) is 19.6 Å². The van der Waals surface area contributed by atoms with Crippen LogP contribution in [-0.4, -0.2) is 41.3 Å². The van der Waals surface area contributed by atoms with Crippen molar-refractivity contribution in [2.24, 2.45) is 23.2 Å². The van der Waals surface area contributed by atoms with Crippen molar-refractivity contribution in [1.29, 1.82) is 0 Å². The van der Waals surface area contributed by atoms with Crippen molar-refractivity contribution in [3.63, 3.8) is 0 Å². The molecule has 0 fully saturated rings. The number of hydrogen-bond acceptors (Lipinski definition) is 5. The number of carbonyl (C=O) groups is 3. The smallest absolute Gasteiger partial charge is 0.255 e. The number of aliphatic hydroxyl groups excluding tert-OH is 1. The summed E-state index contributed by atoms with van der Waals surface area (Å²) in [7, 11) is 1.49. The summed E-state index contributed by atoms with van der Waals surface area (Å²) < 4.78 is 0. The fraction of sp³-hybridized carbons (Fsp3) is 0.812. The fourth-order valence-corrected chi connectivity index (χ4v) is 2.17. The van der Waals surface area contributed by atoms with Gasteiger partial charge in [-0.2, -0.15) is 0 Å². The molecule has 0 bridgehead atoms. The summed E-state index contributed by atoms with van der Waals surface area (Å²) in [5, 5.41) is 24.0. The molecule has 3 atom stereocenters. The molecule has 0 aliphatic carbocycles. The molecule has 0 spiro atoms. The quantitative estimate of drug-likeness (QED) is 0.179. The second kappa shape index (κ2) is 9.58. The number of hydroxylamine groups is 1. The predicted octanol–water partition coefficient (Wildman–Crippen LogP) is 0.387. The Morgan fingerprint density at radius 2 is 1.54 bits per heavy atom. The zero-order valence-electron chi connectivity index (χ0n) is 15.3. The van der Waals surface area contributed by atoms with Crippen molar-refractivity contribution in [3.8, 4) is 0 Å². The van der Waals surface area contributed by atoms with Gasteiger partial charge >= 0.3 is 0 Å². The summed E-state index contributed by atoms with van der Waals surface area (Å²) >= 11 is 0. The molecule has 5 N–H and O–H groups in total. The molecule has 0 aliphatic rings. The Balaban J connectivity index is 5.07. The fourth-order valence-electron chi connectivity index (χ4n) is 2.17. The molecule has 140 valence electrons. The van der Waals surface area contributed by atoms with Crippen LogP contribution in [0.5, 0.6) is 0 Å². The summed E-state index contributed by atoms with van der Waals surface area (Å²) in [5.74, 6) is -3.18. The third kappa shape index (κ3) is 6.09. The van der Waals surface area contributed by atoms with E-state index in [1.165, 1.54) is 12.5 Å². The van der Waals surface area contributed by atoms with E-state index >= 15 is 0 Å². The van der Waals surface area contributed by atoms with Crippen molar-refractivity contribution < 1.29 is 24.7 Å². The lowest BCUT2D eigenvalue weighted by atomic mass is 9.77. The second-order valence-electron chi connectivity index (χ2n) is 7.07. The Morgan fingerprint density at radius 1 is 1.00 bits per heavy atom. The minimum atomic E-state index is -1.33. The van der Waals surface area contributed by atoms with Crippen LogP contribution < -0.4 is 16.1 Å². The minimum Gasteiger partial charge on any atom is -0.373 e. The highest BCUT2D eigenvalue weighted by Gasteiger charge is 2.39. The van der Waals surface area contributed by atoms with Crippen LogP contribution in [0.1, 0.15) is 47.5 Å². The summed E-state index contributed by atoms with van der Waals surface area (Å²) in [4.78, 5) is 35.8. The number of carbonyl (C=O) groups excluding carboxylic acids is 3. The van der Waals surface area contributed by atoms with Crippen molar-refractivity contribution in [3.05, 3.63) is 0 Å². The molecule has 24 heavy (non-hydrogen) atoms. The number of amides is 3. The number of rotatable bonds is 9. The summed E-state index contributed by atoms with van der Waals surface area (Å²) in [6, 6.07) is 0. The van der Waals surface area contributed by atoms with E-state index in [0.29, 0.717) is 6.42 Å². The number of hydrogen-bond donors (Lipinski definition) is 5. The lowest BCUT2D eigenvalue weighted by Crippen LogP contribution is -2.53. The number of aliphatic hydroxyl groups is 1. The highest BCUT2D eigenvalue weighted by Crippen LogP contribution is 2.30. The van der Waals surface area contributed by atoms with Crippen LogP contribution in [0.25, 0.3) is 0 Å². The van der Waals surface area contributed by atoms with Crippen LogP contribution in [0.15, 0.2) is 0 Å². The zero-order valence-corrected chi connectivity index (χ0v) is 15.3. The maximum absolute atomic E-state index is 12.3. The average Bonchev–Trinajstić information content (AvgIpc) is 2.52. The van der Waals surface area contributed by atoms with Gasteiger partial charge in [-0.15, -0.1) is 0 Å². The van der Waals surface area contributed by atoms with E-state index in [0.717, 1.165) is 0 Å². The molecule has 0 rings (SSSR count). The van der Waals surface area contributed by atoms with Crippen LogP contribution in [0.3, 0.4) is 0 Å². The average molecular weight is 345 g/mol. The van der Waals surface area contributed by atoms with Gasteiger partial charge in [0.1, 0.15) is 12.1 Å². The Labute approximate surface area is 143 Å². The standard InChI is InChI=1S/C16H31N3O5/c1-9(2)7-8-11(14(22)19-24)13(21)18-15(23)16(4,5)10(3)12(20)17-6/h9-11,15,23-24H,7-8H2,1-6H3,(H,17,20)(H,18,21)(H,19,22)/t10-,11-,15-/m0/s1. The molecule has 0 saturated carbocycles. The predicted molar refractivity (Wildman–Crippen MR) is 88.7 cm³/mol. The molecular formula is C16H31N3O5. The van der Waals surface area contributed by atoms with Gasteiger partial charge in [0.15, 0.2) is 0 Å². The van der Waals surface area contributed by atoms with Gasteiger partial charge in [0, 0.05) is 18.4 Å². The molecule has 3 amide bonds. The summed E-state index contributed by atoms with van der Waals surface area (Å²) in [5.41, 5.74) is 0.536. The largest absolute Gasteiger partial charge is 0.373 e. The van der Waals surface area contributed by atoms with Gasteiger partial charge < -0.3 is 15.7 Å². The third-order valence-corrected chi connectivity index (χ3v) is 4.52. The molecule has 0 saturated heterocycles. The second-order valence-corrected chi connectivity index (χ2v) is 7.07. The van der Waals surface area contributed by atoms with Gasteiger partial charge in [-0.05, 0) is 18.8 Å². The first-order valence-electron chi connectivity index (χ1n) is 8.12. The van der Waals surface area contributed by atoms with Crippen LogP contribution in [-0.2, 0) is 14.4 Å². The Bertz CT molecular complexity index is 451. The van der Waals surface area contributed by atoms with Crippen LogP contribution >= 0.6 is 0 Å². The first-order valence-corrected chi connectivity index (χ1v) is 8.12. The molecule has 8 heteroatoms. The van der Waals surface area contributed by atoms with Crippen molar-refractivity contribution in [2.75, 3.05) is 7.05 Å².